The maximum absolute atomic E-state index is 8.81. The first-order chi connectivity index (χ1) is 7.70. The van der Waals surface area contributed by atoms with Crippen LogP contribution < -0.4 is 5.48 Å². The lowest BCUT2D eigenvalue weighted by atomic mass is 10.1. The average Bonchev–Trinajstić information content (AvgIpc) is 2.33. The van der Waals surface area contributed by atoms with Gasteiger partial charge in [0.1, 0.15) is 4.60 Å². The first-order valence-corrected chi connectivity index (χ1v) is 5.50. The summed E-state index contributed by atoms with van der Waals surface area (Å²) in [6, 6.07) is 9.26. The largest absolute Gasteiger partial charge is 0.291 e. The van der Waals surface area contributed by atoms with Gasteiger partial charge in [0.15, 0.2) is 0 Å². The van der Waals surface area contributed by atoms with Crippen molar-refractivity contribution in [1.82, 2.24) is 10.2 Å². The van der Waals surface area contributed by atoms with E-state index in [1.807, 2.05) is 25.1 Å². The van der Waals surface area contributed by atoms with Crippen molar-refractivity contribution >= 4 is 21.6 Å². The molecule has 2 rings (SSSR count). The van der Waals surface area contributed by atoms with E-state index in [1.165, 1.54) is 0 Å². The second kappa shape index (κ2) is 4.59. The molecular formula is C11H10BrN3O. The molecule has 82 valence electrons. The molecule has 0 fully saturated rings. The minimum Gasteiger partial charge on any atom is -0.291 e. The van der Waals surface area contributed by atoms with Gasteiger partial charge in [-0.1, -0.05) is 12.1 Å². The molecule has 0 radical (unpaired) electrons. The third-order valence-electron chi connectivity index (χ3n) is 2.21. The summed E-state index contributed by atoms with van der Waals surface area (Å²) >= 11 is 3.30. The van der Waals surface area contributed by atoms with Crippen LogP contribution in [0.15, 0.2) is 34.9 Å². The molecule has 0 saturated heterocycles. The number of anilines is 1. The van der Waals surface area contributed by atoms with Crippen molar-refractivity contribution in [2.45, 2.75) is 6.92 Å². The van der Waals surface area contributed by atoms with Gasteiger partial charge in [-0.15, -0.1) is 10.2 Å². The molecule has 0 aliphatic rings. The number of rotatable bonds is 2. The zero-order valence-electron chi connectivity index (χ0n) is 8.61. The molecule has 0 bridgehead atoms. The lowest BCUT2D eigenvalue weighted by Gasteiger charge is -2.04. The van der Waals surface area contributed by atoms with Gasteiger partial charge in [-0.2, -0.15) is 0 Å². The zero-order chi connectivity index (χ0) is 11.5. The maximum Gasteiger partial charge on any atom is 0.131 e. The number of nitrogens with one attached hydrogen (secondary N) is 1. The quantitative estimate of drug-likeness (QED) is 0.830. The van der Waals surface area contributed by atoms with Crippen LogP contribution in [0.4, 0.5) is 5.69 Å². The minimum absolute atomic E-state index is 0.625. The van der Waals surface area contributed by atoms with Gasteiger partial charge in [0, 0.05) is 5.56 Å². The summed E-state index contributed by atoms with van der Waals surface area (Å²) in [5.41, 5.74) is 5.43. The zero-order valence-corrected chi connectivity index (χ0v) is 10.2. The van der Waals surface area contributed by atoms with Gasteiger partial charge in [-0.3, -0.25) is 10.7 Å². The van der Waals surface area contributed by atoms with E-state index in [2.05, 4.69) is 31.6 Å². The van der Waals surface area contributed by atoms with Gasteiger partial charge in [0.05, 0.1) is 11.4 Å². The topological polar surface area (TPSA) is 58.0 Å². The normalized spacial score (nSPS) is 10.2. The van der Waals surface area contributed by atoms with E-state index in [-0.39, 0.29) is 0 Å². The molecule has 1 aromatic heterocycles. The summed E-state index contributed by atoms with van der Waals surface area (Å²) in [4.78, 5) is 0. The summed E-state index contributed by atoms with van der Waals surface area (Å²) in [5, 5.41) is 16.9. The van der Waals surface area contributed by atoms with Crippen molar-refractivity contribution < 1.29 is 5.21 Å². The van der Waals surface area contributed by atoms with Crippen LogP contribution in [0.5, 0.6) is 0 Å². The van der Waals surface area contributed by atoms with Crippen LogP contribution >= 0.6 is 15.9 Å². The summed E-state index contributed by atoms with van der Waals surface area (Å²) in [5.74, 6) is 0. The molecular weight excluding hydrogens is 270 g/mol. The Kier molecular flexibility index (Phi) is 3.17. The Labute approximate surface area is 101 Å². The standard InChI is InChI=1S/C11H10BrN3O/c1-7-5-10(13-14-11(7)12)8-3-2-4-9(6-8)15-16/h2-6,15-16H,1H3. The van der Waals surface area contributed by atoms with Crippen molar-refractivity contribution in [3.05, 3.63) is 40.5 Å². The summed E-state index contributed by atoms with van der Waals surface area (Å²) in [6.07, 6.45) is 0. The highest BCUT2D eigenvalue weighted by molar-refractivity contribution is 9.10. The molecule has 0 saturated carbocycles. The van der Waals surface area contributed by atoms with Crippen molar-refractivity contribution in [2.24, 2.45) is 0 Å². The summed E-state index contributed by atoms with van der Waals surface area (Å²) < 4.78 is 0.743. The SMILES string of the molecule is Cc1cc(-c2cccc(NO)c2)nnc1Br. The lowest BCUT2D eigenvalue weighted by molar-refractivity contribution is 0.389. The van der Waals surface area contributed by atoms with Crippen LogP contribution in [0.25, 0.3) is 11.3 Å². The Morgan fingerprint density at radius 2 is 2.06 bits per heavy atom. The highest BCUT2D eigenvalue weighted by Gasteiger charge is 2.04. The molecule has 2 N–H and O–H groups in total. The molecule has 1 heterocycles. The smallest absolute Gasteiger partial charge is 0.131 e. The molecule has 0 amide bonds. The second-order valence-electron chi connectivity index (χ2n) is 3.40. The van der Waals surface area contributed by atoms with Crippen LogP contribution in [-0.2, 0) is 0 Å². The molecule has 1 aromatic carbocycles. The van der Waals surface area contributed by atoms with Crippen molar-refractivity contribution in [3.8, 4) is 11.3 Å². The minimum atomic E-state index is 0.625. The fraction of sp³-hybridized carbons (Fsp3) is 0.0909. The molecule has 0 aliphatic heterocycles. The first-order valence-electron chi connectivity index (χ1n) is 4.71. The van der Waals surface area contributed by atoms with E-state index in [1.54, 1.807) is 12.1 Å². The monoisotopic (exact) mass is 279 g/mol. The Bertz CT molecular complexity index is 516. The lowest BCUT2D eigenvalue weighted by Crippen LogP contribution is -1.93. The molecule has 0 aliphatic carbocycles. The van der Waals surface area contributed by atoms with Gasteiger partial charge >= 0.3 is 0 Å². The van der Waals surface area contributed by atoms with Gasteiger partial charge in [-0.25, -0.2) is 0 Å². The summed E-state index contributed by atoms with van der Waals surface area (Å²) in [7, 11) is 0. The average molecular weight is 280 g/mol. The molecule has 0 spiro atoms. The molecule has 16 heavy (non-hydrogen) atoms. The van der Waals surface area contributed by atoms with Crippen LogP contribution in [-0.4, -0.2) is 15.4 Å². The van der Waals surface area contributed by atoms with Crippen molar-refractivity contribution in [2.75, 3.05) is 5.48 Å². The van der Waals surface area contributed by atoms with E-state index in [4.69, 9.17) is 5.21 Å². The predicted molar refractivity (Wildman–Crippen MR) is 65.3 cm³/mol. The predicted octanol–water partition coefficient (Wildman–Crippen LogP) is 3.02. The number of aromatic nitrogens is 2. The van der Waals surface area contributed by atoms with Gasteiger partial charge in [0.2, 0.25) is 0 Å². The number of hydrogen-bond acceptors (Lipinski definition) is 4. The van der Waals surface area contributed by atoms with Crippen LogP contribution in [0, 0.1) is 6.92 Å². The second-order valence-corrected chi connectivity index (χ2v) is 4.15. The van der Waals surface area contributed by atoms with E-state index in [0.29, 0.717) is 5.69 Å². The number of halogens is 1. The number of hydrogen-bond donors (Lipinski definition) is 2. The number of aryl methyl sites for hydroxylation is 1. The van der Waals surface area contributed by atoms with E-state index >= 15 is 0 Å². The number of benzene rings is 1. The van der Waals surface area contributed by atoms with Crippen molar-refractivity contribution in [3.63, 3.8) is 0 Å². The molecule has 0 unspecified atom stereocenters. The van der Waals surface area contributed by atoms with Crippen LogP contribution in [0.2, 0.25) is 0 Å². The van der Waals surface area contributed by atoms with Gasteiger partial charge in [-0.05, 0) is 46.6 Å². The molecule has 2 aromatic rings. The fourth-order valence-electron chi connectivity index (χ4n) is 1.36. The molecule has 5 heteroatoms. The van der Waals surface area contributed by atoms with Gasteiger partial charge in [0.25, 0.3) is 0 Å². The Morgan fingerprint density at radius 3 is 2.75 bits per heavy atom. The highest BCUT2D eigenvalue weighted by Crippen LogP contribution is 2.22. The van der Waals surface area contributed by atoms with E-state index in [9.17, 15) is 0 Å². The van der Waals surface area contributed by atoms with E-state index < -0.39 is 0 Å². The first kappa shape index (κ1) is 11.0. The Morgan fingerprint density at radius 1 is 1.25 bits per heavy atom. The molecule has 0 atom stereocenters. The summed E-state index contributed by atoms with van der Waals surface area (Å²) in [6.45, 7) is 1.95. The fourth-order valence-corrected chi connectivity index (χ4v) is 1.55. The van der Waals surface area contributed by atoms with Crippen LogP contribution in [0.1, 0.15) is 5.56 Å². The maximum atomic E-state index is 8.81. The van der Waals surface area contributed by atoms with E-state index in [0.717, 1.165) is 21.4 Å². The highest BCUT2D eigenvalue weighted by atomic mass is 79.9. The Balaban J connectivity index is 2.46. The third kappa shape index (κ3) is 2.20. The third-order valence-corrected chi connectivity index (χ3v) is 3.00. The van der Waals surface area contributed by atoms with Gasteiger partial charge < -0.3 is 0 Å². The van der Waals surface area contributed by atoms with Crippen LogP contribution in [0.3, 0.4) is 0 Å². The Hall–Kier alpha value is -1.46. The number of nitrogens with zero attached hydrogens (tertiary/aromatic N) is 2. The molecule has 4 nitrogen and oxygen atoms in total. The van der Waals surface area contributed by atoms with Crippen molar-refractivity contribution in [1.29, 1.82) is 0 Å².